The van der Waals surface area contributed by atoms with Crippen LogP contribution in [0.5, 0.6) is 0 Å². The van der Waals surface area contributed by atoms with Crippen molar-refractivity contribution >= 4 is 18.1 Å². The van der Waals surface area contributed by atoms with Crippen LogP contribution in [0.4, 0.5) is 22.8 Å². The summed E-state index contributed by atoms with van der Waals surface area (Å²) in [5.41, 5.74) is -0.734. The number of ether oxygens (including phenoxy) is 2. The Labute approximate surface area is 224 Å². The third kappa shape index (κ3) is 6.42. The lowest BCUT2D eigenvalue weighted by molar-refractivity contribution is -0.144. The van der Waals surface area contributed by atoms with Crippen LogP contribution < -0.4 is 5.32 Å². The molecule has 2 aromatic carbocycles. The standard InChI is InChI=1S/C28H30F3N3O5/c1-17(2)38-25(35)23-18(3)32-26(36)34(24(23)21-11-7-8-12-22(21)28(29,30)31)27(37)39-20-13-14-33(16-20)15-19-9-5-4-6-10-19/h4-12,17,20,24H,13-16H2,1-3H3,(H,32,36)/t20-,24?/m0/s1. The number of hydrogen-bond donors (Lipinski definition) is 1. The lowest BCUT2D eigenvalue weighted by atomic mass is 9.90. The van der Waals surface area contributed by atoms with E-state index < -0.39 is 53.6 Å². The zero-order valence-corrected chi connectivity index (χ0v) is 21.8. The number of alkyl halides is 3. The number of amides is 3. The highest BCUT2D eigenvalue weighted by atomic mass is 19.4. The van der Waals surface area contributed by atoms with E-state index in [1.54, 1.807) is 13.8 Å². The number of allylic oxidation sites excluding steroid dienone is 1. The first-order chi connectivity index (χ1) is 18.5. The minimum Gasteiger partial charge on any atom is -0.459 e. The first-order valence-corrected chi connectivity index (χ1v) is 12.6. The second-order valence-corrected chi connectivity index (χ2v) is 9.80. The van der Waals surface area contributed by atoms with Crippen LogP contribution in [-0.2, 0) is 27.0 Å². The van der Waals surface area contributed by atoms with Crippen molar-refractivity contribution in [3.8, 4) is 0 Å². The average Bonchev–Trinajstić information content (AvgIpc) is 3.29. The number of carbonyl (C=O) groups is 3. The van der Waals surface area contributed by atoms with Gasteiger partial charge in [-0.3, -0.25) is 4.90 Å². The molecule has 0 aliphatic carbocycles. The van der Waals surface area contributed by atoms with Gasteiger partial charge in [0.25, 0.3) is 0 Å². The zero-order chi connectivity index (χ0) is 28.3. The average molecular weight is 546 g/mol. The van der Waals surface area contributed by atoms with Gasteiger partial charge in [0.1, 0.15) is 12.1 Å². The Balaban J connectivity index is 1.65. The Bertz CT molecular complexity index is 1260. The summed E-state index contributed by atoms with van der Waals surface area (Å²) >= 11 is 0. The maximum Gasteiger partial charge on any atom is 0.419 e. The molecule has 2 heterocycles. The summed E-state index contributed by atoms with van der Waals surface area (Å²) in [6.07, 6.45) is -6.67. The molecule has 4 rings (SSSR count). The second-order valence-electron chi connectivity index (χ2n) is 9.80. The lowest BCUT2D eigenvalue weighted by Gasteiger charge is -2.37. The Morgan fingerprint density at radius 2 is 1.74 bits per heavy atom. The molecule has 0 radical (unpaired) electrons. The third-order valence-corrected chi connectivity index (χ3v) is 6.51. The summed E-state index contributed by atoms with van der Waals surface area (Å²) in [6.45, 7) is 6.19. The maximum atomic E-state index is 14.0. The zero-order valence-electron chi connectivity index (χ0n) is 21.8. The monoisotopic (exact) mass is 545 g/mol. The molecule has 2 aliphatic rings. The topological polar surface area (TPSA) is 88.2 Å². The molecule has 208 valence electrons. The van der Waals surface area contributed by atoms with Crippen molar-refractivity contribution in [2.45, 2.75) is 58.2 Å². The number of hydrogen-bond acceptors (Lipinski definition) is 6. The fraction of sp³-hybridized carbons (Fsp3) is 0.393. The van der Waals surface area contributed by atoms with Gasteiger partial charge in [-0.2, -0.15) is 13.2 Å². The van der Waals surface area contributed by atoms with Crippen LogP contribution in [0.1, 0.15) is 49.9 Å². The highest BCUT2D eigenvalue weighted by molar-refractivity contribution is 6.00. The van der Waals surface area contributed by atoms with Crippen molar-refractivity contribution in [3.63, 3.8) is 0 Å². The Kier molecular flexibility index (Phi) is 8.29. The number of esters is 1. The molecule has 0 aromatic heterocycles. The fourth-order valence-corrected chi connectivity index (χ4v) is 4.84. The van der Waals surface area contributed by atoms with Crippen molar-refractivity contribution in [2.75, 3.05) is 13.1 Å². The van der Waals surface area contributed by atoms with Crippen molar-refractivity contribution in [1.29, 1.82) is 0 Å². The summed E-state index contributed by atoms with van der Waals surface area (Å²) < 4.78 is 53.1. The van der Waals surface area contributed by atoms with Crippen molar-refractivity contribution in [1.82, 2.24) is 15.1 Å². The molecule has 2 atom stereocenters. The first kappa shape index (κ1) is 28.2. The smallest absolute Gasteiger partial charge is 0.419 e. The van der Waals surface area contributed by atoms with Gasteiger partial charge in [-0.15, -0.1) is 0 Å². The van der Waals surface area contributed by atoms with Gasteiger partial charge in [0, 0.05) is 25.3 Å². The van der Waals surface area contributed by atoms with Crippen molar-refractivity contribution in [2.24, 2.45) is 0 Å². The molecule has 3 amide bonds. The van der Waals surface area contributed by atoms with E-state index in [0.29, 0.717) is 31.0 Å². The molecule has 0 saturated carbocycles. The van der Waals surface area contributed by atoms with E-state index >= 15 is 0 Å². The van der Waals surface area contributed by atoms with Gasteiger partial charge in [0.05, 0.1) is 17.2 Å². The molecule has 8 nitrogen and oxygen atoms in total. The van der Waals surface area contributed by atoms with Crippen LogP contribution in [0, 0.1) is 0 Å². The molecule has 2 aromatic rings. The highest BCUT2D eigenvalue weighted by Gasteiger charge is 2.47. The fourth-order valence-electron chi connectivity index (χ4n) is 4.84. The number of carbonyl (C=O) groups excluding carboxylic acids is 3. The van der Waals surface area contributed by atoms with E-state index in [1.807, 2.05) is 30.3 Å². The summed E-state index contributed by atoms with van der Waals surface area (Å²) in [5, 5.41) is 2.41. The molecular weight excluding hydrogens is 515 g/mol. The quantitative estimate of drug-likeness (QED) is 0.489. The molecule has 0 bridgehead atoms. The van der Waals surface area contributed by atoms with Crippen molar-refractivity contribution in [3.05, 3.63) is 82.6 Å². The van der Waals surface area contributed by atoms with Gasteiger partial charge in [-0.25, -0.2) is 19.3 Å². The number of nitrogens with zero attached hydrogens (tertiary/aromatic N) is 2. The number of benzene rings is 2. The van der Waals surface area contributed by atoms with Crippen molar-refractivity contribution < 1.29 is 37.0 Å². The number of nitrogens with one attached hydrogen (secondary N) is 1. The van der Waals surface area contributed by atoms with Crippen LogP contribution in [0.3, 0.4) is 0 Å². The van der Waals surface area contributed by atoms with Gasteiger partial charge < -0.3 is 14.8 Å². The molecular formula is C28H30F3N3O5. The summed E-state index contributed by atoms with van der Waals surface area (Å²) in [4.78, 5) is 42.3. The summed E-state index contributed by atoms with van der Waals surface area (Å²) in [7, 11) is 0. The molecule has 0 spiro atoms. The predicted octanol–water partition coefficient (Wildman–Crippen LogP) is 5.41. The third-order valence-electron chi connectivity index (χ3n) is 6.51. The van der Waals surface area contributed by atoms with E-state index in [1.165, 1.54) is 19.1 Å². The maximum absolute atomic E-state index is 14.0. The molecule has 1 N–H and O–H groups in total. The Morgan fingerprint density at radius 3 is 2.41 bits per heavy atom. The van der Waals surface area contributed by atoms with E-state index in [4.69, 9.17) is 9.47 Å². The molecule has 2 aliphatic heterocycles. The number of urea groups is 1. The summed E-state index contributed by atoms with van der Waals surface area (Å²) in [5.74, 6) is -0.947. The van der Waals surface area contributed by atoms with Crippen LogP contribution >= 0.6 is 0 Å². The van der Waals surface area contributed by atoms with Gasteiger partial charge in [0.15, 0.2) is 0 Å². The van der Waals surface area contributed by atoms with Crippen LogP contribution in [0.25, 0.3) is 0 Å². The van der Waals surface area contributed by atoms with E-state index in [0.717, 1.165) is 17.7 Å². The Morgan fingerprint density at radius 1 is 1.08 bits per heavy atom. The van der Waals surface area contributed by atoms with Crippen LogP contribution in [0.2, 0.25) is 0 Å². The summed E-state index contributed by atoms with van der Waals surface area (Å²) in [6, 6.07) is 11.5. The predicted molar refractivity (Wildman–Crippen MR) is 135 cm³/mol. The highest BCUT2D eigenvalue weighted by Crippen LogP contribution is 2.42. The van der Waals surface area contributed by atoms with E-state index in [9.17, 15) is 27.6 Å². The molecule has 39 heavy (non-hydrogen) atoms. The molecule has 11 heteroatoms. The number of imide groups is 1. The second kappa shape index (κ2) is 11.5. The number of likely N-dealkylation sites (tertiary alicyclic amines) is 1. The first-order valence-electron chi connectivity index (χ1n) is 12.6. The largest absolute Gasteiger partial charge is 0.459 e. The molecule has 1 fully saturated rings. The Hall–Kier alpha value is -3.86. The SMILES string of the molecule is CC1=C(C(=O)OC(C)C)C(c2ccccc2C(F)(F)F)N(C(=O)O[C@H]2CCN(Cc3ccccc3)C2)C(=O)N1. The molecule has 1 saturated heterocycles. The number of rotatable bonds is 6. The van der Waals surface area contributed by atoms with E-state index in [2.05, 4.69) is 10.2 Å². The lowest BCUT2D eigenvalue weighted by Crippen LogP contribution is -2.52. The van der Waals surface area contributed by atoms with Gasteiger partial charge in [-0.05, 0) is 44.4 Å². The minimum atomic E-state index is -4.82. The van der Waals surface area contributed by atoms with Gasteiger partial charge >= 0.3 is 24.3 Å². The molecule has 1 unspecified atom stereocenters. The van der Waals surface area contributed by atoms with Crippen LogP contribution in [-0.4, -0.2) is 53.2 Å². The normalized spacial score (nSPS) is 20.3. The number of halogens is 3. The van der Waals surface area contributed by atoms with E-state index in [-0.39, 0.29) is 11.3 Å². The van der Waals surface area contributed by atoms with Crippen LogP contribution in [0.15, 0.2) is 65.9 Å². The van der Waals surface area contributed by atoms with Gasteiger partial charge in [0.2, 0.25) is 0 Å². The van der Waals surface area contributed by atoms with Gasteiger partial charge in [-0.1, -0.05) is 48.5 Å². The minimum absolute atomic E-state index is 0.00780.